The molecule has 82 valence electrons. The molecule has 1 aliphatic heterocycles. The summed E-state index contributed by atoms with van der Waals surface area (Å²) in [5, 5.41) is 3.40. The lowest BCUT2D eigenvalue weighted by Crippen LogP contribution is -2.44. The molecule has 0 aromatic heterocycles. The molecule has 0 spiro atoms. The first-order valence-electron chi connectivity index (χ1n) is 5.52. The molecule has 0 aromatic rings. The number of carbonyl (C=O) groups is 1. The van der Waals surface area contributed by atoms with Gasteiger partial charge in [0.05, 0.1) is 0 Å². The van der Waals surface area contributed by atoms with Crippen LogP contribution < -0.4 is 5.32 Å². The molecule has 0 saturated carbocycles. The van der Waals surface area contributed by atoms with Crippen LogP contribution in [-0.2, 0) is 4.79 Å². The minimum atomic E-state index is 0.152. The van der Waals surface area contributed by atoms with Gasteiger partial charge in [-0.3, -0.25) is 4.79 Å². The Labute approximate surface area is 86.9 Å². The van der Waals surface area contributed by atoms with Crippen molar-refractivity contribution in [1.29, 1.82) is 0 Å². The van der Waals surface area contributed by atoms with Gasteiger partial charge in [-0.05, 0) is 33.6 Å². The zero-order valence-electron chi connectivity index (χ0n) is 9.60. The van der Waals surface area contributed by atoms with Crippen molar-refractivity contribution in [2.45, 2.75) is 45.6 Å². The van der Waals surface area contributed by atoms with E-state index in [1.165, 1.54) is 6.42 Å². The van der Waals surface area contributed by atoms with Gasteiger partial charge in [0.2, 0.25) is 5.91 Å². The van der Waals surface area contributed by atoms with Gasteiger partial charge in [-0.1, -0.05) is 0 Å². The van der Waals surface area contributed by atoms with E-state index in [0.717, 1.165) is 32.5 Å². The third-order valence-electron chi connectivity index (χ3n) is 2.46. The SMILES string of the molecule is CC(C)(C)NCCN1CCCCC1=O. The number of nitrogens with one attached hydrogen (secondary N) is 1. The average Bonchev–Trinajstić information content (AvgIpc) is 2.06. The zero-order chi connectivity index (χ0) is 10.6. The van der Waals surface area contributed by atoms with Gasteiger partial charge in [0, 0.05) is 31.6 Å². The second-order valence-electron chi connectivity index (χ2n) is 5.01. The van der Waals surface area contributed by atoms with Crippen molar-refractivity contribution in [2.75, 3.05) is 19.6 Å². The minimum absolute atomic E-state index is 0.152. The first kappa shape index (κ1) is 11.5. The molecule has 1 N–H and O–H groups in total. The molecule has 1 heterocycles. The molecule has 0 aromatic carbocycles. The van der Waals surface area contributed by atoms with E-state index < -0.39 is 0 Å². The summed E-state index contributed by atoms with van der Waals surface area (Å²) in [5.74, 6) is 0.326. The predicted molar refractivity (Wildman–Crippen MR) is 58.2 cm³/mol. The summed E-state index contributed by atoms with van der Waals surface area (Å²) in [6, 6.07) is 0. The van der Waals surface area contributed by atoms with Crippen LogP contribution in [0.3, 0.4) is 0 Å². The Morgan fingerprint density at radius 3 is 2.64 bits per heavy atom. The van der Waals surface area contributed by atoms with Gasteiger partial charge in [0.1, 0.15) is 0 Å². The summed E-state index contributed by atoms with van der Waals surface area (Å²) in [7, 11) is 0. The molecule has 1 aliphatic rings. The number of carbonyl (C=O) groups excluding carboxylic acids is 1. The number of piperidine rings is 1. The maximum atomic E-state index is 11.4. The monoisotopic (exact) mass is 198 g/mol. The number of likely N-dealkylation sites (tertiary alicyclic amines) is 1. The quantitative estimate of drug-likeness (QED) is 0.743. The Balaban J connectivity index is 2.20. The number of amides is 1. The average molecular weight is 198 g/mol. The van der Waals surface area contributed by atoms with Crippen LogP contribution in [0.15, 0.2) is 0 Å². The van der Waals surface area contributed by atoms with Gasteiger partial charge in [0.15, 0.2) is 0 Å². The van der Waals surface area contributed by atoms with Crippen LogP contribution >= 0.6 is 0 Å². The molecule has 3 nitrogen and oxygen atoms in total. The topological polar surface area (TPSA) is 32.3 Å². The predicted octanol–water partition coefficient (Wildman–Crippen LogP) is 1.39. The second kappa shape index (κ2) is 4.78. The Morgan fingerprint density at radius 1 is 1.36 bits per heavy atom. The van der Waals surface area contributed by atoms with E-state index in [2.05, 4.69) is 26.1 Å². The van der Waals surface area contributed by atoms with Gasteiger partial charge >= 0.3 is 0 Å². The van der Waals surface area contributed by atoms with Gasteiger partial charge in [-0.25, -0.2) is 0 Å². The standard InChI is InChI=1S/C11H22N2O/c1-11(2,3)12-7-9-13-8-5-4-6-10(13)14/h12H,4-9H2,1-3H3. The summed E-state index contributed by atoms with van der Waals surface area (Å²) >= 11 is 0. The summed E-state index contributed by atoms with van der Waals surface area (Å²) in [4.78, 5) is 13.4. The molecule has 0 bridgehead atoms. The van der Waals surface area contributed by atoms with Crippen LogP contribution in [-0.4, -0.2) is 36.0 Å². The van der Waals surface area contributed by atoms with E-state index in [1.54, 1.807) is 0 Å². The van der Waals surface area contributed by atoms with E-state index in [4.69, 9.17) is 0 Å². The first-order chi connectivity index (χ1) is 6.49. The fraction of sp³-hybridized carbons (Fsp3) is 0.909. The smallest absolute Gasteiger partial charge is 0.222 e. The lowest BCUT2D eigenvalue weighted by molar-refractivity contribution is -0.133. The van der Waals surface area contributed by atoms with E-state index in [1.807, 2.05) is 4.90 Å². The highest BCUT2D eigenvalue weighted by molar-refractivity contribution is 5.76. The molecule has 3 heteroatoms. The van der Waals surface area contributed by atoms with E-state index in [-0.39, 0.29) is 5.54 Å². The van der Waals surface area contributed by atoms with Gasteiger partial charge in [-0.2, -0.15) is 0 Å². The van der Waals surface area contributed by atoms with Crippen molar-refractivity contribution >= 4 is 5.91 Å². The fourth-order valence-corrected chi connectivity index (χ4v) is 1.66. The molecular formula is C11H22N2O. The number of nitrogens with zero attached hydrogens (tertiary/aromatic N) is 1. The molecular weight excluding hydrogens is 176 g/mol. The molecule has 1 fully saturated rings. The molecule has 0 unspecified atom stereocenters. The van der Waals surface area contributed by atoms with Gasteiger partial charge in [0.25, 0.3) is 0 Å². The summed E-state index contributed by atoms with van der Waals surface area (Å²) < 4.78 is 0. The second-order valence-corrected chi connectivity index (χ2v) is 5.01. The summed E-state index contributed by atoms with van der Waals surface area (Å²) in [5.41, 5.74) is 0.152. The molecule has 1 saturated heterocycles. The third-order valence-corrected chi connectivity index (χ3v) is 2.46. The fourth-order valence-electron chi connectivity index (χ4n) is 1.66. The highest BCUT2D eigenvalue weighted by Crippen LogP contribution is 2.09. The molecule has 0 radical (unpaired) electrons. The van der Waals surface area contributed by atoms with Crippen molar-refractivity contribution in [2.24, 2.45) is 0 Å². The summed E-state index contributed by atoms with van der Waals surface area (Å²) in [6.45, 7) is 9.14. The third kappa shape index (κ3) is 4.09. The largest absolute Gasteiger partial charge is 0.341 e. The highest BCUT2D eigenvalue weighted by atomic mass is 16.2. The molecule has 14 heavy (non-hydrogen) atoms. The van der Waals surface area contributed by atoms with Crippen molar-refractivity contribution < 1.29 is 4.79 Å². The molecule has 1 amide bonds. The highest BCUT2D eigenvalue weighted by Gasteiger charge is 2.17. The maximum Gasteiger partial charge on any atom is 0.222 e. The number of hydrogen-bond donors (Lipinski definition) is 1. The van der Waals surface area contributed by atoms with Crippen LogP contribution in [0.25, 0.3) is 0 Å². The Kier molecular flexibility index (Phi) is 3.93. The molecule has 1 rings (SSSR count). The van der Waals surface area contributed by atoms with Crippen LogP contribution in [0.1, 0.15) is 40.0 Å². The first-order valence-corrected chi connectivity index (χ1v) is 5.52. The minimum Gasteiger partial charge on any atom is -0.341 e. The van der Waals surface area contributed by atoms with E-state index in [0.29, 0.717) is 5.91 Å². The molecule has 0 aliphatic carbocycles. The van der Waals surface area contributed by atoms with Gasteiger partial charge in [-0.15, -0.1) is 0 Å². The van der Waals surface area contributed by atoms with Crippen LogP contribution in [0, 0.1) is 0 Å². The Bertz CT molecular complexity index is 196. The maximum absolute atomic E-state index is 11.4. The Morgan fingerprint density at radius 2 is 2.07 bits per heavy atom. The van der Waals surface area contributed by atoms with Crippen molar-refractivity contribution in [1.82, 2.24) is 10.2 Å². The van der Waals surface area contributed by atoms with Crippen LogP contribution in [0.5, 0.6) is 0 Å². The van der Waals surface area contributed by atoms with Crippen molar-refractivity contribution in [3.05, 3.63) is 0 Å². The lowest BCUT2D eigenvalue weighted by Gasteiger charge is -2.28. The van der Waals surface area contributed by atoms with Crippen molar-refractivity contribution in [3.63, 3.8) is 0 Å². The summed E-state index contributed by atoms with van der Waals surface area (Å²) in [6.07, 6.45) is 2.98. The van der Waals surface area contributed by atoms with Crippen molar-refractivity contribution in [3.8, 4) is 0 Å². The lowest BCUT2D eigenvalue weighted by atomic mass is 10.1. The zero-order valence-corrected chi connectivity index (χ0v) is 9.60. The Hall–Kier alpha value is -0.570. The van der Waals surface area contributed by atoms with Crippen LogP contribution in [0.4, 0.5) is 0 Å². The number of rotatable bonds is 3. The van der Waals surface area contributed by atoms with Gasteiger partial charge < -0.3 is 10.2 Å². The molecule has 0 atom stereocenters. The van der Waals surface area contributed by atoms with Crippen LogP contribution in [0.2, 0.25) is 0 Å². The normalized spacial score (nSPS) is 18.8. The number of hydrogen-bond acceptors (Lipinski definition) is 2. The van der Waals surface area contributed by atoms with E-state index >= 15 is 0 Å². The van der Waals surface area contributed by atoms with E-state index in [9.17, 15) is 4.79 Å².